The van der Waals surface area contributed by atoms with E-state index in [9.17, 15) is 4.79 Å². The Hall–Kier alpha value is -1.47. The molecule has 1 aromatic heterocycles. The van der Waals surface area contributed by atoms with Crippen molar-refractivity contribution in [1.82, 2.24) is 4.98 Å². The van der Waals surface area contributed by atoms with Crippen molar-refractivity contribution < 1.29 is 19.5 Å². The molecule has 7 heteroatoms. The maximum absolute atomic E-state index is 10.9. The molecule has 0 saturated carbocycles. The SMILES string of the molecule is O=C(O)c1ccnc(/C(CBr)=N/OC2CCCCO2)c1. The van der Waals surface area contributed by atoms with Crippen LogP contribution < -0.4 is 0 Å². The van der Waals surface area contributed by atoms with Gasteiger partial charge in [0.2, 0.25) is 6.29 Å². The zero-order valence-corrected chi connectivity index (χ0v) is 12.4. The zero-order valence-electron chi connectivity index (χ0n) is 10.8. The van der Waals surface area contributed by atoms with Gasteiger partial charge in [-0.05, 0) is 25.0 Å². The number of alkyl halides is 1. The van der Waals surface area contributed by atoms with Crippen LogP contribution in [0.2, 0.25) is 0 Å². The predicted octanol–water partition coefficient (Wildman–Crippen LogP) is 2.42. The van der Waals surface area contributed by atoms with Gasteiger partial charge in [-0.25, -0.2) is 4.79 Å². The molecule has 2 heterocycles. The van der Waals surface area contributed by atoms with Gasteiger partial charge in [0, 0.05) is 12.6 Å². The van der Waals surface area contributed by atoms with Gasteiger partial charge in [0.15, 0.2) is 0 Å². The Labute approximate surface area is 124 Å². The van der Waals surface area contributed by atoms with Crippen LogP contribution in [0.25, 0.3) is 0 Å². The highest BCUT2D eigenvalue weighted by molar-refractivity contribution is 9.09. The Balaban J connectivity index is 2.10. The number of ether oxygens (including phenoxy) is 1. The molecule has 6 nitrogen and oxygen atoms in total. The van der Waals surface area contributed by atoms with Crippen LogP contribution in [0.15, 0.2) is 23.5 Å². The minimum atomic E-state index is -1.00. The van der Waals surface area contributed by atoms with Crippen molar-refractivity contribution >= 4 is 27.6 Å². The molecule has 1 aliphatic rings. The summed E-state index contributed by atoms with van der Waals surface area (Å²) < 4.78 is 5.41. The fraction of sp³-hybridized carbons (Fsp3) is 0.462. The predicted molar refractivity (Wildman–Crippen MR) is 76.2 cm³/mol. The van der Waals surface area contributed by atoms with Gasteiger partial charge >= 0.3 is 5.97 Å². The third-order valence-corrected chi connectivity index (χ3v) is 3.38. The van der Waals surface area contributed by atoms with E-state index in [1.807, 2.05) is 0 Å². The van der Waals surface area contributed by atoms with Crippen molar-refractivity contribution in [2.24, 2.45) is 5.16 Å². The highest BCUT2D eigenvalue weighted by Crippen LogP contribution is 2.15. The van der Waals surface area contributed by atoms with Crippen molar-refractivity contribution in [3.63, 3.8) is 0 Å². The Bertz CT molecular complexity index is 501. The van der Waals surface area contributed by atoms with Crippen LogP contribution in [0, 0.1) is 0 Å². The maximum atomic E-state index is 10.9. The molecule has 1 fully saturated rings. The Morgan fingerprint density at radius 1 is 1.60 bits per heavy atom. The number of aromatic carboxylic acids is 1. The summed E-state index contributed by atoms with van der Waals surface area (Å²) in [6.07, 6.45) is 4.00. The number of carbonyl (C=O) groups is 1. The molecule has 0 spiro atoms. The Morgan fingerprint density at radius 3 is 3.10 bits per heavy atom. The fourth-order valence-electron chi connectivity index (χ4n) is 1.78. The molecular weight excluding hydrogens is 328 g/mol. The smallest absolute Gasteiger partial charge is 0.335 e. The average Bonchev–Trinajstić information content (AvgIpc) is 2.49. The minimum absolute atomic E-state index is 0.164. The number of hydrogen-bond donors (Lipinski definition) is 1. The molecule has 1 N–H and O–H groups in total. The molecule has 0 radical (unpaired) electrons. The van der Waals surface area contributed by atoms with Crippen molar-refractivity contribution in [2.75, 3.05) is 11.9 Å². The lowest BCUT2D eigenvalue weighted by Crippen LogP contribution is -2.21. The standard InChI is InChI=1S/C13H15BrN2O4/c14-8-11(16-20-12-3-1-2-6-19-12)10-7-9(13(17)18)4-5-15-10/h4-5,7,12H,1-3,6,8H2,(H,17,18)/b16-11+. The van der Waals surface area contributed by atoms with Crippen molar-refractivity contribution in [3.05, 3.63) is 29.6 Å². The molecule has 0 bridgehead atoms. The molecule has 1 atom stereocenters. The number of carboxylic acids is 1. The number of aromatic nitrogens is 1. The van der Waals surface area contributed by atoms with Crippen molar-refractivity contribution in [3.8, 4) is 0 Å². The fourth-order valence-corrected chi connectivity index (χ4v) is 2.17. The van der Waals surface area contributed by atoms with Gasteiger partial charge in [-0.3, -0.25) is 4.98 Å². The van der Waals surface area contributed by atoms with Gasteiger partial charge in [-0.1, -0.05) is 21.1 Å². The second-order valence-electron chi connectivity index (χ2n) is 4.31. The monoisotopic (exact) mass is 342 g/mol. The molecule has 1 aromatic rings. The Kier molecular flexibility index (Phi) is 5.49. The molecule has 0 aromatic carbocycles. The molecule has 108 valence electrons. The third-order valence-electron chi connectivity index (χ3n) is 2.85. The van der Waals surface area contributed by atoms with E-state index in [0.717, 1.165) is 19.3 Å². The number of nitrogens with zero attached hydrogens (tertiary/aromatic N) is 2. The van der Waals surface area contributed by atoms with Crippen LogP contribution >= 0.6 is 15.9 Å². The van der Waals surface area contributed by atoms with E-state index >= 15 is 0 Å². The number of hydrogen-bond acceptors (Lipinski definition) is 5. The highest BCUT2D eigenvalue weighted by Gasteiger charge is 2.16. The summed E-state index contributed by atoms with van der Waals surface area (Å²) in [5, 5.41) is 13.4. The van der Waals surface area contributed by atoms with E-state index in [4.69, 9.17) is 14.7 Å². The molecular formula is C13H15BrN2O4. The summed E-state index contributed by atoms with van der Waals surface area (Å²) in [6, 6.07) is 2.90. The first-order valence-corrected chi connectivity index (χ1v) is 7.43. The lowest BCUT2D eigenvalue weighted by molar-refractivity contribution is -0.162. The van der Waals surface area contributed by atoms with Crippen LogP contribution in [0.3, 0.4) is 0 Å². The largest absolute Gasteiger partial charge is 0.478 e. The first-order valence-electron chi connectivity index (χ1n) is 6.30. The van der Waals surface area contributed by atoms with E-state index in [2.05, 4.69) is 26.1 Å². The number of rotatable bonds is 5. The first-order chi connectivity index (χ1) is 9.70. The zero-order chi connectivity index (χ0) is 14.4. The second kappa shape index (κ2) is 7.35. The van der Waals surface area contributed by atoms with Crippen LogP contribution in [0.1, 0.15) is 35.3 Å². The summed E-state index contributed by atoms with van der Waals surface area (Å²) >= 11 is 3.30. The summed E-state index contributed by atoms with van der Waals surface area (Å²) in [5.41, 5.74) is 1.16. The topological polar surface area (TPSA) is 81.0 Å². The van der Waals surface area contributed by atoms with Gasteiger partial charge < -0.3 is 14.7 Å². The van der Waals surface area contributed by atoms with E-state index < -0.39 is 5.97 Å². The average molecular weight is 343 g/mol. The first kappa shape index (κ1) is 14.9. The summed E-state index contributed by atoms with van der Waals surface area (Å²) in [6.45, 7) is 0.677. The Morgan fingerprint density at radius 2 is 2.45 bits per heavy atom. The maximum Gasteiger partial charge on any atom is 0.335 e. The van der Waals surface area contributed by atoms with Gasteiger partial charge in [-0.15, -0.1) is 0 Å². The van der Waals surface area contributed by atoms with Gasteiger partial charge in [0.25, 0.3) is 0 Å². The lowest BCUT2D eigenvalue weighted by atomic mass is 10.2. The molecule has 1 unspecified atom stereocenters. The highest BCUT2D eigenvalue weighted by atomic mass is 79.9. The minimum Gasteiger partial charge on any atom is -0.478 e. The van der Waals surface area contributed by atoms with Crippen LogP contribution in [-0.4, -0.2) is 40.0 Å². The van der Waals surface area contributed by atoms with E-state index in [1.54, 1.807) is 0 Å². The number of pyridine rings is 1. The number of halogens is 1. The lowest BCUT2D eigenvalue weighted by Gasteiger charge is -2.20. The van der Waals surface area contributed by atoms with Crippen LogP contribution in [-0.2, 0) is 9.57 Å². The van der Waals surface area contributed by atoms with Crippen molar-refractivity contribution in [1.29, 1.82) is 0 Å². The van der Waals surface area contributed by atoms with Gasteiger partial charge in [0.05, 0.1) is 23.2 Å². The normalized spacial score (nSPS) is 19.6. The molecule has 2 rings (SSSR count). The molecule has 1 saturated heterocycles. The molecule has 0 amide bonds. The summed E-state index contributed by atoms with van der Waals surface area (Å²) in [5.74, 6) is -1.00. The van der Waals surface area contributed by atoms with E-state index in [0.29, 0.717) is 23.3 Å². The van der Waals surface area contributed by atoms with Crippen LogP contribution in [0.5, 0.6) is 0 Å². The molecule has 0 aliphatic carbocycles. The van der Waals surface area contributed by atoms with Crippen molar-refractivity contribution in [2.45, 2.75) is 25.6 Å². The number of oxime groups is 1. The van der Waals surface area contributed by atoms with Gasteiger partial charge in [-0.2, -0.15) is 0 Å². The van der Waals surface area contributed by atoms with Crippen LogP contribution in [0.4, 0.5) is 0 Å². The quantitative estimate of drug-likeness (QED) is 0.504. The van der Waals surface area contributed by atoms with E-state index in [1.165, 1.54) is 18.3 Å². The third kappa shape index (κ3) is 4.01. The molecule has 20 heavy (non-hydrogen) atoms. The number of carboxylic acid groups (broad SMARTS) is 1. The second-order valence-corrected chi connectivity index (χ2v) is 4.87. The summed E-state index contributed by atoms with van der Waals surface area (Å²) in [4.78, 5) is 20.4. The van der Waals surface area contributed by atoms with Gasteiger partial charge in [0.1, 0.15) is 5.71 Å². The molecule has 1 aliphatic heterocycles. The summed E-state index contributed by atoms with van der Waals surface area (Å²) in [7, 11) is 0. The van der Waals surface area contributed by atoms with E-state index in [-0.39, 0.29) is 11.9 Å².